The first kappa shape index (κ1) is 13.3. The Morgan fingerprint density at radius 1 is 1.00 bits per heavy atom. The fourth-order valence-corrected chi connectivity index (χ4v) is 3.18. The van der Waals surface area contributed by atoms with Crippen LogP contribution in [-0.2, 0) is 0 Å². The van der Waals surface area contributed by atoms with Crippen LogP contribution < -0.4 is 5.32 Å². The van der Waals surface area contributed by atoms with E-state index >= 15 is 0 Å². The van der Waals surface area contributed by atoms with Crippen molar-refractivity contribution in [1.29, 1.82) is 0 Å². The van der Waals surface area contributed by atoms with Crippen molar-refractivity contribution in [2.45, 2.75) is 71.1 Å². The zero-order valence-electron chi connectivity index (χ0n) is 12.4. The third-order valence-corrected chi connectivity index (χ3v) is 4.31. The van der Waals surface area contributed by atoms with Crippen LogP contribution in [0.25, 0.3) is 0 Å². The largest absolute Gasteiger partial charge is 0.300 e. The van der Waals surface area contributed by atoms with Crippen LogP contribution in [0.5, 0.6) is 0 Å². The van der Waals surface area contributed by atoms with Gasteiger partial charge in [0.15, 0.2) is 0 Å². The lowest BCUT2D eigenvalue weighted by Crippen LogP contribution is -2.64. The summed E-state index contributed by atoms with van der Waals surface area (Å²) in [5, 5.41) is 3.72. The maximum Gasteiger partial charge on any atom is 0.0488 e. The van der Waals surface area contributed by atoms with Gasteiger partial charge in [0.25, 0.3) is 0 Å². The molecule has 2 saturated heterocycles. The van der Waals surface area contributed by atoms with Gasteiger partial charge in [0, 0.05) is 42.9 Å². The summed E-state index contributed by atoms with van der Waals surface area (Å²) in [5.41, 5.74) is 0.562. The number of likely N-dealkylation sites (tertiary alicyclic amines) is 1. The first-order chi connectivity index (χ1) is 7.69. The maximum atomic E-state index is 3.72. The molecule has 2 aliphatic heterocycles. The van der Waals surface area contributed by atoms with Gasteiger partial charge in [-0.1, -0.05) is 0 Å². The molecule has 100 valence electrons. The van der Waals surface area contributed by atoms with Crippen LogP contribution in [0.15, 0.2) is 0 Å². The molecule has 0 aliphatic carbocycles. The fraction of sp³-hybridized carbons (Fsp3) is 1.00. The number of fused-ring (bicyclic) bond motifs is 1. The van der Waals surface area contributed by atoms with E-state index in [9.17, 15) is 0 Å². The van der Waals surface area contributed by atoms with Crippen LogP contribution in [0.3, 0.4) is 0 Å². The molecule has 2 unspecified atom stereocenters. The summed E-state index contributed by atoms with van der Waals surface area (Å²) < 4.78 is 0. The average molecular weight is 239 g/mol. The summed E-state index contributed by atoms with van der Waals surface area (Å²) in [6.45, 7) is 17.4. The van der Waals surface area contributed by atoms with E-state index in [1.54, 1.807) is 0 Å². The van der Waals surface area contributed by atoms with E-state index in [2.05, 4.69) is 56.7 Å². The minimum absolute atomic E-state index is 0.268. The molecule has 0 saturated carbocycles. The Balaban J connectivity index is 2.10. The van der Waals surface area contributed by atoms with Crippen molar-refractivity contribution in [1.82, 2.24) is 15.1 Å². The van der Waals surface area contributed by atoms with Gasteiger partial charge < -0.3 is 0 Å². The van der Waals surface area contributed by atoms with Gasteiger partial charge in [0.05, 0.1) is 0 Å². The third-order valence-electron chi connectivity index (χ3n) is 4.31. The lowest BCUT2D eigenvalue weighted by atomic mass is 9.98. The van der Waals surface area contributed by atoms with Crippen molar-refractivity contribution in [3.63, 3.8) is 0 Å². The minimum Gasteiger partial charge on any atom is -0.300 e. The van der Waals surface area contributed by atoms with Crippen LogP contribution in [0, 0.1) is 0 Å². The summed E-state index contributed by atoms with van der Waals surface area (Å²) in [4.78, 5) is 5.25. The summed E-state index contributed by atoms with van der Waals surface area (Å²) in [6, 6.07) is 1.38. The number of rotatable bonds is 0. The minimum atomic E-state index is 0.268. The molecular weight excluding hydrogens is 210 g/mol. The Kier molecular flexibility index (Phi) is 3.30. The second-order valence-corrected chi connectivity index (χ2v) is 7.58. The first-order valence-electron chi connectivity index (χ1n) is 6.95. The van der Waals surface area contributed by atoms with E-state index in [1.807, 2.05) is 0 Å². The summed E-state index contributed by atoms with van der Waals surface area (Å²) in [6.07, 6.45) is 1.31. The Morgan fingerprint density at radius 2 is 1.65 bits per heavy atom. The van der Waals surface area contributed by atoms with Gasteiger partial charge in [0.2, 0.25) is 0 Å². The predicted molar refractivity (Wildman–Crippen MR) is 73.1 cm³/mol. The highest BCUT2D eigenvalue weighted by Gasteiger charge is 2.43. The molecule has 0 amide bonds. The van der Waals surface area contributed by atoms with Crippen LogP contribution in [0.4, 0.5) is 0 Å². The Bertz CT molecular complexity index is 274. The van der Waals surface area contributed by atoms with Gasteiger partial charge in [-0.05, 0) is 48.0 Å². The Morgan fingerprint density at radius 3 is 2.18 bits per heavy atom. The van der Waals surface area contributed by atoms with Crippen LogP contribution in [0.1, 0.15) is 48.0 Å². The molecule has 0 radical (unpaired) electrons. The summed E-state index contributed by atoms with van der Waals surface area (Å²) >= 11 is 0. The lowest BCUT2D eigenvalue weighted by molar-refractivity contribution is 0.0157. The predicted octanol–water partition coefficient (Wildman–Crippen LogP) is 1.89. The smallest absolute Gasteiger partial charge is 0.0488 e. The van der Waals surface area contributed by atoms with Gasteiger partial charge in [-0.15, -0.1) is 0 Å². The number of hydrogen-bond acceptors (Lipinski definition) is 3. The summed E-state index contributed by atoms with van der Waals surface area (Å²) in [5.74, 6) is 0. The molecule has 17 heavy (non-hydrogen) atoms. The van der Waals surface area contributed by atoms with Crippen molar-refractivity contribution >= 4 is 0 Å². The normalized spacial score (nSPS) is 32.8. The molecule has 1 N–H and O–H groups in total. The quantitative estimate of drug-likeness (QED) is 0.696. The summed E-state index contributed by atoms with van der Waals surface area (Å²) in [7, 11) is 0. The molecule has 2 fully saturated rings. The van der Waals surface area contributed by atoms with Crippen molar-refractivity contribution in [3.8, 4) is 0 Å². The topological polar surface area (TPSA) is 18.5 Å². The molecule has 2 atom stereocenters. The second kappa shape index (κ2) is 4.22. The van der Waals surface area contributed by atoms with Crippen LogP contribution in [0.2, 0.25) is 0 Å². The van der Waals surface area contributed by atoms with Gasteiger partial charge in [-0.2, -0.15) is 0 Å². The highest BCUT2D eigenvalue weighted by atomic mass is 15.4. The molecule has 2 heterocycles. The van der Waals surface area contributed by atoms with E-state index in [4.69, 9.17) is 0 Å². The molecule has 0 spiro atoms. The zero-order chi connectivity index (χ0) is 12.8. The molecule has 0 aromatic heterocycles. The molecule has 3 nitrogen and oxygen atoms in total. The van der Waals surface area contributed by atoms with E-state index in [0.717, 1.165) is 6.67 Å². The van der Waals surface area contributed by atoms with Crippen molar-refractivity contribution in [3.05, 3.63) is 0 Å². The van der Waals surface area contributed by atoms with Crippen LogP contribution >= 0.6 is 0 Å². The molecule has 3 heteroatoms. The van der Waals surface area contributed by atoms with Crippen LogP contribution in [-0.4, -0.2) is 52.7 Å². The second-order valence-electron chi connectivity index (χ2n) is 7.58. The molecule has 0 bridgehead atoms. The Labute approximate surface area is 107 Å². The first-order valence-corrected chi connectivity index (χ1v) is 6.95. The van der Waals surface area contributed by atoms with Gasteiger partial charge in [-0.3, -0.25) is 15.1 Å². The molecule has 2 rings (SSSR count). The zero-order valence-corrected chi connectivity index (χ0v) is 12.4. The molecule has 2 aliphatic rings. The standard InChI is InChI=1S/C14H29N3/c1-13(2,3)16-9-12-11(15-10-16)7-8-17(12)14(4,5)6/h11-12,15H,7-10H2,1-6H3. The number of nitrogens with one attached hydrogen (secondary N) is 1. The van der Waals surface area contributed by atoms with E-state index < -0.39 is 0 Å². The van der Waals surface area contributed by atoms with Crippen molar-refractivity contribution in [2.24, 2.45) is 0 Å². The molecular formula is C14H29N3. The molecule has 0 aromatic carbocycles. The van der Waals surface area contributed by atoms with Crippen molar-refractivity contribution < 1.29 is 0 Å². The molecule has 0 aromatic rings. The Hall–Kier alpha value is -0.120. The third kappa shape index (κ3) is 2.67. The number of nitrogens with zero attached hydrogens (tertiary/aromatic N) is 2. The monoisotopic (exact) mass is 239 g/mol. The fourth-order valence-electron chi connectivity index (χ4n) is 3.18. The van der Waals surface area contributed by atoms with E-state index in [1.165, 1.54) is 19.5 Å². The van der Waals surface area contributed by atoms with Gasteiger partial charge in [0.1, 0.15) is 0 Å². The SMILES string of the molecule is CC(C)(C)N1CNC2CCN(C(C)(C)C)C2C1. The highest BCUT2D eigenvalue weighted by Crippen LogP contribution is 2.30. The number of hydrogen-bond donors (Lipinski definition) is 1. The van der Waals surface area contributed by atoms with Gasteiger partial charge >= 0.3 is 0 Å². The average Bonchev–Trinajstić information content (AvgIpc) is 2.57. The lowest BCUT2D eigenvalue weighted by Gasteiger charge is -2.48. The van der Waals surface area contributed by atoms with Gasteiger partial charge in [-0.25, -0.2) is 0 Å². The van der Waals surface area contributed by atoms with E-state index in [0.29, 0.717) is 17.6 Å². The maximum absolute atomic E-state index is 3.72. The van der Waals surface area contributed by atoms with Crippen molar-refractivity contribution in [2.75, 3.05) is 19.8 Å². The van der Waals surface area contributed by atoms with E-state index in [-0.39, 0.29) is 5.54 Å². The highest BCUT2D eigenvalue weighted by molar-refractivity contribution is 5.01.